The lowest BCUT2D eigenvalue weighted by atomic mass is 10.0. The molecule has 0 aromatic carbocycles. The summed E-state index contributed by atoms with van der Waals surface area (Å²) >= 11 is 0. The lowest BCUT2D eigenvalue weighted by molar-refractivity contribution is -0.137. The number of esters is 1. The summed E-state index contributed by atoms with van der Waals surface area (Å²) in [6, 6.07) is 0. The predicted molar refractivity (Wildman–Crippen MR) is 179 cm³/mol. The number of hydrogen-bond acceptors (Lipinski definition) is 2. The van der Waals surface area contributed by atoms with Gasteiger partial charge < -0.3 is 4.74 Å². The molecule has 2 heteroatoms. The number of hydrogen-bond donors (Lipinski definition) is 0. The summed E-state index contributed by atoms with van der Waals surface area (Å²) in [5.41, 5.74) is 0. The fourth-order valence-electron chi connectivity index (χ4n) is 4.78. The van der Waals surface area contributed by atoms with E-state index in [9.17, 15) is 4.79 Å². The van der Waals surface area contributed by atoms with Gasteiger partial charge in [-0.1, -0.05) is 203 Å². The minimum Gasteiger partial charge on any atom is -0.463 e. The molecule has 0 N–H and O–H groups in total. The Morgan fingerprint density at radius 2 is 0.775 bits per heavy atom. The first-order valence-electron chi connectivity index (χ1n) is 17.3. The molecule has 0 saturated carbocycles. The van der Waals surface area contributed by atoms with E-state index in [2.05, 4.69) is 32.1 Å². The average molecular weight is 555 g/mol. The number of carbonyl (C=O) groups excluding carboxylic acids is 1. The third-order valence-electron chi connectivity index (χ3n) is 7.36. The Labute approximate surface area is 250 Å². The van der Waals surface area contributed by atoms with Crippen LogP contribution < -0.4 is 0 Å². The molecule has 0 aliphatic carbocycles. The summed E-state index contributed by atoms with van der Waals surface area (Å²) in [5.74, 6) is -0.250. The van der Waals surface area contributed by atoms with Crippen LogP contribution in [0.15, 0.2) is 60.8 Å². The Hall–Kier alpha value is -1.83. The van der Waals surface area contributed by atoms with E-state index in [1.54, 1.807) is 6.08 Å². The number of unbranched alkanes of at least 4 members (excludes halogenated alkanes) is 22. The molecule has 230 valence electrons. The Kier molecular flexibility index (Phi) is 33.6. The largest absolute Gasteiger partial charge is 0.463 e. The van der Waals surface area contributed by atoms with Gasteiger partial charge >= 0.3 is 5.97 Å². The smallest absolute Gasteiger partial charge is 0.330 e. The van der Waals surface area contributed by atoms with Gasteiger partial charge in [0.25, 0.3) is 0 Å². The highest BCUT2D eigenvalue weighted by Gasteiger charge is 1.97. The molecule has 0 saturated heterocycles. The molecule has 0 atom stereocenters. The Bertz CT molecular complexity index is 652. The third-order valence-corrected chi connectivity index (χ3v) is 7.36. The molecule has 0 bridgehead atoms. The second kappa shape index (κ2) is 35.2. The zero-order valence-electron chi connectivity index (χ0n) is 26.8. The van der Waals surface area contributed by atoms with Gasteiger partial charge in [0.2, 0.25) is 0 Å². The van der Waals surface area contributed by atoms with Crippen LogP contribution in [0.1, 0.15) is 168 Å². The number of ether oxygens (including phenoxy) is 1. The molecule has 0 aliphatic heterocycles. The van der Waals surface area contributed by atoms with Crippen molar-refractivity contribution in [2.24, 2.45) is 0 Å². The first kappa shape index (κ1) is 38.2. The molecule has 0 radical (unpaired) electrons. The third kappa shape index (κ3) is 34.2. The van der Waals surface area contributed by atoms with E-state index in [1.165, 1.54) is 147 Å². The Morgan fingerprint density at radius 1 is 0.425 bits per heavy atom. The highest BCUT2D eigenvalue weighted by Crippen LogP contribution is 2.13. The highest BCUT2D eigenvalue weighted by molar-refractivity contribution is 5.82. The molecule has 0 aromatic heterocycles. The van der Waals surface area contributed by atoms with Gasteiger partial charge in [0.05, 0.1) is 6.61 Å². The summed E-state index contributed by atoms with van der Waals surface area (Å²) in [5, 5.41) is 0. The molecule has 0 aliphatic rings. The number of carbonyl (C=O) groups is 1. The van der Waals surface area contributed by atoms with Gasteiger partial charge in [-0.05, 0) is 19.3 Å². The lowest BCUT2D eigenvalue weighted by Crippen LogP contribution is -2.02. The number of allylic oxidation sites excluding steroid dienone is 9. The summed E-state index contributed by atoms with van der Waals surface area (Å²) < 4.78 is 5.29. The van der Waals surface area contributed by atoms with Crippen LogP contribution in [-0.2, 0) is 9.53 Å². The van der Waals surface area contributed by atoms with Crippen LogP contribution in [0.3, 0.4) is 0 Å². The van der Waals surface area contributed by atoms with Gasteiger partial charge in [-0.15, -0.1) is 0 Å². The molecule has 0 rings (SSSR count). The maximum atomic E-state index is 11.8. The van der Waals surface area contributed by atoms with Crippen molar-refractivity contribution in [1.82, 2.24) is 0 Å². The summed E-state index contributed by atoms with van der Waals surface area (Å²) in [6.45, 7) is 5.08. The molecule has 0 aromatic rings. The fourth-order valence-corrected chi connectivity index (χ4v) is 4.78. The van der Waals surface area contributed by atoms with Gasteiger partial charge in [0, 0.05) is 6.08 Å². The molecule has 0 spiro atoms. The normalized spacial score (nSPS) is 12.3. The molecule has 40 heavy (non-hydrogen) atoms. The Morgan fingerprint density at radius 3 is 1.23 bits per heavy atom. The van der Waals surface area contributed by atoms with Crippen molar-refractivity contribution in [3.63, 3.8) is 0 Å². The van der Waals surface area contributed by atoms with E-state index in [0.29, 0.717) is 6.61 Å². The van der Waals surface area contributed by atoms with Crippen molar-refractivity contribution < 1.29 is 9.53 Å². The average Bonchev–Trinajstić information content (AvgIpc) is 2.96. The summed E-state index contributed by atoms with van der Waals surface area (Å²) in [4.78, 5) is 11.8. The Balaban J connectivity index is 3.48. The second-order valence-corrected chi connectivity index (χ2v) is 11.3. The van der Waals surface area contributed by atoms with Crippen molar-refractivity contribution in [3.05, 3.63) is 60.8 Å². The standard InChI is InChI=1S/C38H66O2/c1-3-5-7-9-11-13-15-17-19-20-21-22-23-24-26-28-30-32-34-36-38(39)40-37-35-33-31-29-27-25-18-16-14-12-10-8-6-4-2/h21-24,26,28,30,32,34,36H,3-20,25,27,29,31,33,35,37H2,1-2H3/b22-21+,24-23+,28-26+,32-30+,36-34+. The number of rotatable bonds is 30. The van der Waals surface area contributed by atoms with Crippen LogP contribution in [-0.4, -0.2) is 12.6 Å². The maximum Gasteiger partial charge on any atom is 0.330 e. The lowest BCUT2D eigenvalue weighted by Gasteiger charge is -2.04. The molecule has 0 fully saturated rings. The monoisotopic (exact) mass is 555 g/mol. The van der Waals surface area contributed by atoms with E-state index in [1.807, 2.05) is 30.4 Å². The van der Waals surface area contributed by atoms with Gasteiger partial charge in [-0.2, -0.15) is 0 Å². The molecular formula is C38H66O2. The first-order chi connectivity index (χ1) is 19.8. The van der Waals surface area contributed by atoms with Crippen molar-refractivity contribution in [2.75, 3.05) is 6.61 Å². The molecule has 2 nitrogen and oxygen atoms in total. The molecule has 0 amide bonds. The fraction of sp³-hybridized carbons (Fsp3) is 0.711. The second-order valence-electron chi connectivity index (χ2n) is 11.3. The SMILES string of the molecule is CCCCCCCCCCC/C=C/C=C/C=C/C=C/C=C/C(=O)OCCCCCCCCCCCCCCCC. The van der Waals surface area contributed by atoms with Crippen LogP contribution in [0, 0.1) is 0 Å². The van der Waals surface area contributed by atoms with E-state index >= 15 is 0 Å². The zero-order valence-corrected chi connectivity index (χ0v) is 26.8. The van der Waals surface area contributed by atoms with Gasteiger partial charge in [0.1, 0.15) is 0 Å². The topological polar surface area (TPSA) is 26.3 Å². The van der Waals surface area contributed by atoms with Gasteiger partial charge in [-0.3, -0.25) is 0 Å². The van der Waals surface area contributed by atoms with E-state index < -0.39 is 0 Å². The van der Waals surface area contributed by atoms with Crippen molar-refractivity contribution in [3.8, 4) is 0 Å². The van der Waals surface area contributed by atoms with Crippen LogP contribution in [0.4, 0.5) is 0 Å². The van der Waals surface area contributed by atoms with E-state index in [0.717, 1.165) is 12.8 Å². The van der Waals surface area contributed by atoms with Gasteiger partial charge in [0.15, 0.2) is 0 Å². The van der Waals surface area contributed by atoms with Crippen molar-refractivity contribution in [1.29, 1.82) is 0 Å². The van der Waals surface area contributed by atoms with Crippen molar-refractivity contribution >= 4 is 5.97 Å². The van der Waals surface area contributed by atoms with Gasteiger partial charge in [-0.25, -0.2) is 4.79 Å². The molecule has 0 unspecified atom stereocenters. The summed E-state index contributed by atoms with van der Waals surface area (Å²) in [7, 11) is 0. The minimum atomic E-state index is -0.250. The highest BCUT2D eigenvalue weighted by atomic mass is 16.5. The predicted octanol–water partition coefficient (Wildman–Crippen LogP) is 12.7. The minimum absolute atomic E-state index is 0.250. The quantitative estimate of drug-likeness (QED) is 0.0382. The van der Waals surface area contributed by atoms with Crippen LogP contribution >= 0.6 is 0 Å². The zero-order chi connectivity index (χ0) is 29.0. The van der Waals surface area contributed by atoms with Crippen molar-refractivity contribution in [2.45, 2.75) is 168 Å². The van der Waals surface area contributed by atoms with E-state index in [4.69, 9.17) is 4.74 Å². The van der Waals surface area contributed by atoms with Crippen LogP contribution in [0.2, 0.25) is 0 Å². The molecular weight excluding hydrogens is 488 g/mol. The first-order valence-corrected chi connectivity index (χ1v) is 17.3. The maximum absolute atomic E-state index is 11.8. The van der Waals surface area contributed by atoms with Crippen LogP contribution in [0.25, 0.3) is 0 Å². The summed E-state index contributed by atoms with van der Waals surface area (Å²) in [6.07, 6.45) is 51.8. The van der Waals surface area contributed by atoms with Crippen LogP contribution in [0.5, 0.6) is 0 Å². The molecule has 0 heterocycles. The van der Waals surface area contributed by atoms with E-state index in [-0.39, 0.29) is 5.97 Å².